The van der Waals surface area contributed by atoms with E-state index in [-0.39, 0.29) is 24.7 Å². The number of rotatable bonds is 8. The average molecular weight is 376 g/mol. The fourth-order valence-corrected chi connectivity index (χ4v) is 5.10. The zero-order chi connectivity index (χ0) is 17.6. The highest BCUT2D eigenvalue weighted by Gasteiger charge is 2.33. The quantitative estimate of drug-likeness (QED) is 0.736. The van der Waals surface area contributed by atoms with Crippen molar-refractivity contribution in [2.24, 2.45) is 0 Å². The van der Waals surface area contributed by atoms with Crippen molar-refractivity contribution < 1.29 is 17.9 Å². The van der Waals surface area contributed by atoms with E-state index in [0.717, 1.165) is 17.1 Å². The Balaban J connectivity index is 1.90. The van der Waals surface area contributed by atoms with Gasteiger partial charge >= 0.3 is 0 Å². The molecule has 136 valence electrons. The molecule has 0 bridgehead atoms. The molecule has 0 aliphatic carbocycles. The third-order valence-corrected chi connectivity index (χ3v) is 6.83. The summed E-state index contributed by atoms with van der Waals surface area (Å²) in [7, 11) is -3.33. The fourth-order valence-electron chi connectivity index (χ4n) is 2.59. The smallest absolute Gasteiger partial charge is 0.222 e. The van der Waals surface area contributed by atoms with Gasteiger partial charge in [-0.25, -0.2) is 13.4 Å². The van der Waals surface area contributed by atoms with E-state index in [0.29, 0.717) is 26.1 Å². The van der Waals surface area contributed by atoms with Gasteiger partial charge in [0.15, 0.2) is 0 Å². The summed E-state index contributed by atoms with van der Waals surface area (Å²) in [6, 6.07) is -0.433. The van der Waals surface area contributed by atoms with Crippen molar-refractivity contribution in [3.63, 3.8) is 0 Å². The van der Waals surface area contributed by atoms with E-state index in [1.54, 1.807) is 0 Å². The van der Waals surface area contributed by atoms with Crippen LogP contribution in [0.25, 0.3) is 0 Å². The number of nitrogens with one attached hydrogen (secondary N) is 1. The highest BCUT2D eigenvalue weighted by Crippen LogP contribution is 2.17. The number of hydrogen-bond donors (Lipinski definition) is 1. The lowest BCUT2D eigenvalue weighted by Crippen LogP contribution is -2.51. The van der Waals surface area contributed by atoms with Gasteiger partial charge < -0.3 is 10.1 Å². The fraction of sp³-hybridized carbons (Fsp3) is 0.733. The molecule has 1 aromatic rings. The van der Waals surface area contributed by atoms with Gasteiger partial charge in [0.05, 0.1) is 37.2 Å². The predicted molar refractivity (Wildman–Crippen MR) is 93.3 cm³/mol. The Labute approximate surface area is 147 Å². The molecule has 0 radical (unpaired) electrons. The summed E-state index contributed by atoms with van der Waals surface area (Å²) in [4.78, 5) is 16.6. The number of carbonyl (C=O) groups excluding carboxylic acids is 1. The molecule has 7 nitrogen and oxygen atoms in total. The van der Waals surface area contributed by atoms with E-state index in [4.69, 9.17) is 4.74 Å². The minimum atomic E-state index is -3.33. The van der Waals surface area contributed by atoms with Crippen molar-refractivity contribution in [2.45, 2.75) is 45.7 Å². The monoisotopic (exact) mass is 375 g/mol. The zero-order valence-electron chi connectivity index (χ0n) is 14.2. The molecule has 0 saturated carbocycles. The van der Waals surface area contributed by atoms with Crippen LogP contribution in [-0.4, -0.2) is 55.2 Å². The molecule has 0 aromatic carbocycles. The molecule has 0 spiro atoms. The lowest BCUT2D eigenvalue weighted by atomic mass is 10.2. The summed E-state index contributed by atoms with van der Waals surface area (Å²) in [6.45, 7) is 5.18. The van der Waals surface area contributed by atoms with Gasteiger partial charge in [0.25, 0.3) is 0 Å². The van der Waals surface area contributed by atoms with Crippen LogP contribution in [-0.2, 0) is 32.5 Å². The molecule has 1 aromatic heterocycles. The van der Waals surface area contributed by atoms with Crippen LogP contribution in [0.1, 0.15) is 37.4 Å². The molecule has 1 aliphatic heterocycles. The minimum Gasteiger partial charge on any atom is -0.378 e. The Morgan fingerprint density at radius 2 is 2.29 bits per heavy atom. The van der Waals surface area contributed by atoms with Crippen molar-refractivity contribution in [1.82, 2.24) is 14.6 Å². The number of morpholine rings is 1. The summed E-state index contributed by atoms with van der Waals surface area (Å²) < 4.78 is 31.4. The summed E-state index contributed by atoms with van der Waals surface area (Å²) in [5.74, 6) is -0.0836. The summed E-state index contributed by atoms with van der Waals surface area (Å²) >= 11 is 1.52. The van der Waals surface area contributed by atoms with Gasteiger partial charge in [-0.15, -0.1) is 11.3 Å². The molecular formula is C15H25N3O4S2. The van der Waals surface area contributed by atoms with Crippen LogP contribution in [0.15, 0.2) is 5.38 Å². The van der Waals surface area contributed by atoms with E-state index in [1.807, 2.05) is 19.2 Å². The van der Waals surface area contributed by atoms with Crippen LogP contribution < -0.4 is 5.32 Å². The third kappa shape index (κ3) is 5.23. The summed E-state index contributed by atoms with van der Waals surface area (Å²) in [6.07, 6.45) is 1.53. The second kappa shape index (κ2) is 8.89. The number of sulfonamides is 1. The molecule has 2 heterocycles. The largest absolute Gasteiger partial charge is 0.378 e. The first-order chi connectivity index (χ1) is 11.5. The third-order valence-electron chi connectivity index (χ3n) is 3.81. The van der Waals surface area contributed by atoms with E-state index >= 15 is 0 Å². The Morgan fingerprint density at radius 3 is 2.96 bits per heavy atom. The van der Waals surface area contributed by atoms with E-state index in [2.05, 4.69) is 10.3 Å². The molecule has 1 aliphatic rings. The van der Waals surface area contributed by atoms with Gasteiger partial charge in [0.2, 0.25) is 15.9 Å². The maximum Gasteiger partial charge on any atom is 0.222 e. The molecule has 1 saturated heterocycles. The van der Waals surface area contributed by atoms with Gasteiger partial charge in [-0.05, 0) is 12.8 Å². The van der Waals surface area contributed by atoms with Gasteiger partial charge in [0, 0.05) is 18.3 Å². The number of hydrogen-bond acceptors (Lipinski definition) is 6. The second-order valence-electron chi connectivity index (χ2n) is 5.72. The molecule has 1 atom stereocenters. The highest BCUT2D eigenvalue weighted by molar-refractivity contribution is 7.89. The average Bonchev–Trinajstić information content (AvgIpc) is 3.01. The van der Waals surface area contributed by atoms with E-state index in [1.165, 1.54) is 15.6 Å². The summed E-state index contributed by atoms with van der Waals surface area (Å²) in [5, 5.41) is 5.66. The number of ether oxygens (including phenoxy) is 1. The number of nitrogens with zero attached hydrogens (tertiary/aromatic N) is 2. The minimum absolute atomic E-state index is 0.101. The number of carbonyl (C=O) groups is 1. The number of thiazole rings is 1. The van der Waals surface area contributed by atoms with Crippen LogP contribution in [0.3, 0.4) is 0 Å². The Bertz CT molecular complexity index is 645. The van der Waals surface area contributed by atoms with E-state index < -0.39 is 16.1 Å². The molecule has 24 heavy (non-hydrogen) atoms. The van der Waals surface area contributed by atoms with Crippen LogP contribution in [0, 0.1) is 0 Å². The second-order valence-corrected chi connectivity index (χ2v) is 8.71. The Hall–Kier alpha value is -1.03. The molecule has 1 unspecified atom stereocenters. The summed E-state index contributed by atoms with van der Waals surface area (Å²) in [5.41, 5.74) is 1.02. The van der Waals surface area contributed by atoms with Crippen molar-refractivity contribution in [1.29, 1.82) is 0 Å². The topological polar surface area (TPSA) is 88.6 Å². The van der Waals surface area contributed by atoms with Gasteiger partial charge in [-0.1, -0.05) is 13.8 Å². The number of amides is 1. The molecule has 9 heteroatoms. The van der Waals surface area contributed by atoms with Crippen LogP contribution in [0.2, 0.25) is 0 Å². The zero-order valence-corrected chi connectivity index (χ0v) is 15.8. The molecular weight excluding hydrogens is 350 g/mol. The Morgan fingerprint density at radius 1 is 1.50 bits per heavy atom. The molecule has 1 N–H and O–H groups in total. The molecule has 2 rings (SSSR count). The SMILES string of the molecule is CCCS(=O)(=O)N1CCOCC1CC(=O)NCc1nc(CC)cs1. The van der Waals surface area contributed by atoms with E-state index in [9.17, 15) is 13.2 Å². The van der Waals surface area contributed by atoms with Crippen LogP contribution >= 0.6 is 11.3 Å². The first-order valence-electron chi connectivity index (χ1n) is 8.23. The van der Waals surface area contributed by atoms with Gasteiger partial charge in [-0.3, -0.25) is 4.79 Å². The maximum absolute atomic E-state index is 12.3. The Kier molecular flexibility index (Phi) is 7.15. The standard InChI is InChI=1S/C15H25N3O4S2/c1-3-7-24(20,21)18-5-6-22-10-13(18)8-14(19)16-9-15-17-12(4-2)11-23-15/h11,13H,3-10H2,1-2H3,(H,16,19). The normalized spacial score (nSPS) is 19.3. The van der Waals surface area contributed by atoms with Crippen molar-refractivity contribution >= 4 is 27.3 Å². The van der Waals surface area contributed by atoms with Crippen LogP contribution in [0.4, 0.5) is 0 Å². The van der Waals surface area contributed by atoms with Crippen molar-refractivity contribution in [3.05, 3.63) is 16.1 Å². The predicted octanol–water partition coefficient (Wildman–Crippen LogP) is 1.15. The van der Waals surface area contributed by atoms with Crippen molar-refractivity contribution in [3.8, 4) is 0 Å². The first-order valence-corrected chi connectivity index (χ1v) is 10.7. The lowest BCUT2D eigenvalue weighted by molar-refractivity contribution is -0.123. The lowest BCUT2D eigenvalue weighted by Gasteiger charge is -2.34. The maximum atomic E-state index is 12.3. The first kappa shape index (κ1) is 19.3. The molecule has 1 amide bonds. The van der Waals surface area contributed by atoms with Crippen LogP contribution in [0.5, 0.6) is 0 Å². The molecule has 1 fully saturated rings. The number of aromatic nitrogens is 1. The highest BCUT2D eigenvalue weighted by atomic mass is 32.2. The number of aryl methyl sites for hydroxylation is 1. The van der Waals surface area contributed by atoms with Crippen molar-refractivity contribution in [2.75, 3.05) is 25.5 Å². The van der Waals surface area contributed by atoms with Gasteiger partial charge in [0.1, 0.15) is 5.01 Å². The van der Waals surface area contributed by atoms with Gasteiger partial charge in [-0.2, -0.15) is 4.31 Å².